The zero-order chi connectivity index (χ0) is 54.5. The summed E-state index contributed by atoms with van der Waals surface area (Å²) in [4.78, 5) is 7.39. The van der Waals surface area contributed by atoms with Crippen LogP contribution in [0.1, 0.15) is 0 Å². The third-order valence-electron chi connectivity index (χ3n) is 16.4. The minimum absolute atomic E-state index is 1.08. The van der Waals surface area contributed by atoms with Crippen LogP contribution in [0.4, 0.5) is 51.2 Å². The van der Waals surface area contributed by atoms with Crippen LogP contribution >= 0.6 is 45.3 Å². The molecule has 3 nitrogen and oxygen atoms in total. The lowest BCUT2D eigenvalue weighted by molar-refractivity contribution is 1.27. The molecule has 7 heteroatoms. The number of fused-ring (bicyclic) bond motifs is 13. The summed E-state index contributed by atoms with van der Waals surface area (Å²) in [5.74, 6) is 0. The van der Waals surface area contributed by atoms with Gasteiger partial charge in [-0.3, -0.25) is 0 Å². The maximum atomic E-state index is 2.49. The zero-order valence-electron chi connectivity index (χ0n) is 44.6. The predicted molar refractivity (Wildman–Crippen MR) is 365 cm³/mol. The average molecular weight is 1130 g/mol. The largest absolute Gasteiger partial charge is 0.310 e. The van der Waals surface area contributed by atoms with E-state index in [1.165, 1.54) is 103 Å². The van der Waals surface area contributed by atoms with Gasteiger partial charge in [0.15, 0.2) is 0 Å². The van der Waals surface area contributed by atoms with Crippen molar-refractivity contribution in [1.82, 2.24) is 0 Å². The molecule has 0 N–H and O–H groups in total. The van der Waals surface area contributed by atoms with Crippen LogP contribution in [0.5, 0.6) is 0 Å². The Morgan fingerprint density at radius 2 is 0.602 bits per heavy atom. The summed E-state index contributed by atoms with van der Waals surface area (Å²) in [5, 5.41) is 12.5. The average Bonchev–Trinajstić information content (AvgIpc) is 3.03. The summed E-state index contributed by atoms with van der Waals surface area (Å²) in [6.07, 6.45) is 0. The maximum absolute atomic E-state index is 2.49. The molecule has 0 fully saturated rings. The molecule has 4 aromatic heterocycles. The summed E-state index contributed by atoms with van der Waals surface area (Å²) in [6, 6.07) is 106. The standard InChI is InChI=1S/C76H47N3S4/c1-4-18-49(19-5-1)77(53-33-36-62-59-26-12-15-29-69(59)81-74(62)46-53)55-44-66-64-42-48(32-40-73(64)83-76(66)68(45-55)79(51-22-8-3-9-23-51)54-34-37-63-60-27-13-16-30-70(60)82-75(63)47-54)56-38-39-67(58-25-11-10-24-57(56)58)78(50-20-6-2-7-21-50)52-35-41-72-65(43-52)61-28-14-17-31-71(61)80-72/h1-47H. The number of hydrogen-bond acceptors (Lipinski definition) is 7. The van der Waals surface area contributed by atoms with E-state index in [1.54, 1.807) is 0 Å². The molecule has 0 amide bonds. The molecule has 83 heavy (non-hydrogen) atoms. The molecule has 0 saturated carbocycles. The molecular formula is C76H47N3S4. The van der Waals surface area contributed by atoms with Gasteiger partial charge in [0, 0.05) is 121 Å². The van der Waals surface area contributed by atoms with Gasteiger partial charge in [-0.1, -0.05) is 158 Å². The first-order valence-corrected chi connectivity index (χ1v) is 31.2. The van der Waals surface area contributed by atoms with Crippen LogP contribution in [0, 0.1) is 0 Å². The molecule has 0 radical (unpaired) electrons. The minimum atomic E-state index is 1.08. The van der Waals surface area contributed by atoms with Crippen molar-refractivity contribution in [3.05, 3.63) is 285 Å². The predicted octanol–water partition coefficient (Wildman–Crippen LogP) is 24.4. The normalized spacial score (nSPS) is 11.9. The lowest BCUT2D eigenvalue weighted by atomic mass is 9.95. The summed E-state index contributed by atoms with van der Waals surface area (Å²) >= 11 is 7.46. The SMILES string of the molecule is c1ccc(N(c2ccc3c(c2)sc2ccccc23)c2cc(N(c3ccccc3)c3ccc4c(c3)sc3ccccc34)c3sc4ccc(-c5ccc(N(c6ccccc6)c6ccc7sc8ccccc8c7c6)c6ccccc56)cc4c3c2)cc1. The summed E-state index contributed by atoms with van der Waals surface area (Å²) in [5.41, 5.74) is 12.4. The molecular weight excluding hydrogens is 1080 g/mol. The van der Waals surface area contributed by atoms with Gasteiger partial charge >= 0.3 is 0 Å². The molecule has 0 aliphatic heterocycles. The quantitative estimate of drug-likeness (QED) is 0.135. The van der Waals surface area contributed by atoms with Crippen molar-refractivity contribution in [2.75, 3.05) is 14.7 Å². The van der Waals surface area contributed by atoms with Gasteiger partial charge in [-0.25, -0.2) is 0 Å². The van der Waals surface area contributed by atoms with Crippen LogP contribution in [0.25, 0.3) is 103 Å². The van der Waals surface area contributed by atoms with Crippen LogP contribution in [0.2, 0.25) is 0 Å². The van der Waals surface area contributed by atoms with E-state index in [0.717, 1.165) is 51.2 Å². The fourth-order valence-electron chi connectivity index (χ4n) is 12.6. The van der Waals surface area contributed by atoms with Gasteiger partial charge < -0.3 is 14.7 Å². The monoisotopic (exact) mass is 1130 g/mol. The van der Waals surface area contributed by atoms with E-state index in [1.807, 2.05) is 45.3 Å². The molecule has 17 rings (SSSR count). The Hall–Kier alpha value is -9.60. The summed E-state index contributed by atoms with van der Waals surface area (Å²) in [6.45, 7) is 0. The van der Waals surface area contributed by atoms with E-state index in [9.17, 15) is 0 Å². The topological polar surface area (TPSA) is 9.72 Å². The first kappa shape index (κ1) is 48.1. The van der Waals surface area contributed by atoms with E-state index in [4.69, 9.17) is 0 Å². The number of para-hydroxylation sites is 3. The molecule has 0 aliphatic rings. The lowest BCUT2D eigenvalue weighted by Crippen LogP contribution is -2.13. The van der Waals surface area contributed by atoms with Crippen LogP contribution in [0.3, 0.4) is 0 Å². The molecule has 0 spiro atoms. The molecule has 0 unspecified atom stereocenters. The zero-order valence-corrected chi connectivity index (χ0v) is 47.9. The Kier molecular flexibility index (Phi) is 11.3. The fourth-order valence-corrected chi connectivity index (χ4v) is 17.2. The van der Waals surface area contributed by atoms with E-state index < -0.39 is 0 Å². The molecule has 13 aromatic carbocycles. The molecule has 0 atom stereocenters. The van der Waals surface area contributed by atoms with Crippen LogP contribution < -0.4 is 14.7 Å². The first-order valence-electron chi connectivity index (χ1n) is 28.0. The number of thiophene rings is 4. The van der Waals surface area contributed by atoms with Gasteiger partial charge in [-0.05, 0) is 144 Å². The van der Waals surface area contributed by atoms with Crippen molar-refractivity contribution >= 4 is 188 Å². The molecule has 390 valence electrons. The van der Waals surface area contributed by atoms with Crippen molar-refractivity contribution in [2.45, 2.75) is 0 Å². The van der Waals surface area contributed by atoms with Crippen LogP contribution in [-0.4, -0.2) is 0 Å². The highest BCUT2D eigenvalue weighted by Crippen LogP contribution is 2.52. The highest BCUT2D eigenvalue weighted by atomic mass is 32.1. The number of nitrogens with zero attached hydrogens (tertiary/aromatic N) is 3. The van der Waals surface area contributed by atoms with Crippen molar-refractivity contribution in [3.63, 3.8) is 0 Å². The molecule has 17 aromatic rings. The Balaban J connectivity index is 0.888. The van der Waals surface area contributed by atoms with Crippen molar-refractivity contribution in [2.24, 2.45) is 0 Å². The number of rotatable bonds is 10. The number of hydrogen-bond donors (Lipinski definition) is 0. The summed E-state index contributed by atoms with van der Waals surface area (Å²) in [7, 11) is 0. The third kappa shape index (κ3) is 8.03. The highest BCUT2D eigenvalue weighted by Gasteiger charge is 2.25. The number of anilines is 9. The van der Waals surface area contributed by atoms with E-state index in [-0.39, 0.29) is 0 Å². The highest BCUT2D eigenvalue weighted by molar-refractivity contribution is 7.27. The first-order chi connectivity index (χ1) is 41.1. The van der Waals surface area contributed by atoms with Gasteiger partial charge in [0.05, 0.1) is 16.1 Å². The fraction of sp³-hybridized carbons (Fsp3) is 0. The Morgan fingerprint density at radius 1 is 0.193 bits per heavy atom. The second kappa shape index (κ2) is 19.6. The Bertz CT molecular complexity index is 5370. The third-order valence-corrected chi connectivity index (χ3v) is 21.0. The van der Waals surface area contributed by atoms with Gasteiger partial charge in [0.25, 0.3) is 0 Å². The van der Waals surface area contributed by atoms with E-state index in [0.29, 0.717) is 0 Å². The maximum Gasteiger partial charge on any atom is 0.0661 e. The van der Waals surface area contributed by atoms with Gasteiger partial charge in [0.2, 0.25) is 0 Å². The van der Waals surface area contributed by atoms with Crippen molar-refractivity contribution < 1.29 is 0 Å². The second-order valence-electron chi connectivity index (χ2n) is 21.2. The van der Waals surface area contributed by atoms with Crippen molar-refractivity contribution in [1.29, 1.82) is 0 Å². The lowest BCUT2D eigenvalue weighted by Gasteiger charge is -2.30. The van der Waals surface area contributed by atoms with Crippen molar-refractivity contribution in [3.8, 4) is 11.1 Å². The van der Waals surface area contributed by atoms with Gasteiger partial charge in [0.1, 0.15) is 0 Å². The molecule has 4 heterocycles. The van der Waals surface area contributed by atoms with Crippen LogP contribution in [-0.2, 0) is 0 Å². The second-order valence-corrected chi connectivity index (χ2v) is 25.5. The molecule has 0 saturated heterocycles. The van der Waals surface area contributed by atoms with Crippen LogP contribution in [0.15, 0.2) is 285 Å². The Labute approximate surface area is 495 Å². The molecule has 0 bridgehead atoms. The molecule has 0 aliphatic carbocycles. The number of benzene rings is 13. The smallest absolute Gasteiger partial charge is 0.0661 e. The Morgan fingerprint density at radius 3 is 1.22 bits per heavy atom. The van der Waals surface area contributed by atoms with Gasteiger partial charge in [-0.15, -0.1) is 45.3 Å². The van der Waals surface area contributed by atoms with Gasteiger partial charge in [-0.2, -0.15) is 0 Å². The van der Waals surface area contributed by atoms with E-state index in [2.05, 4.69) is 300 Å². The minimum Gasteiger partial charge on any atom is -0.310 e. The summed E-state index contributed by atoms with van der Waals surface area (Å²) < 4.78 is 10.2. The van der Waals surface area contributed by atoms with E-state index >= 15 is 0 Å².